The number of aliphatic carboxylic acids is 1. The fourth-order valence-corrected chi connectivity index (χ4v) is 4.97. The van der Waals surface area contributed by atoms with E-state index in [4.69, 9.17) is 14.4 Å². The van der Waals surface area contributed by atoms with E-state index in [9.17, 15) is 14.4 Å². The van der Waals surface area contributed by atoms with E-state index in [1.807, 2.05) is 24.3 Å². The van der Waals surface area contributed by atoms with Crippen LogP contribution in [0.5, 0.6) is 0 Å². The number of alkyl carbamates (subject to hydrolysis) is 1. The van der Waals surface area contributed by atoms with E-state index in [-0.39, 0.29) is 43.1 Å². The van der Waals surface area contributed by atoms with Gasteiger partial charge >= 0.3 is 12.1 Å². The molecule has 35 heavy (non-hydrogen) atoms. The molecule has 9 heteroatoms. The van der Waals surface area contributed by atoms with Gasteiger partial charge in [-0.2, -0.15) is 0 Å². The quantitative estimate of drug-likeness (QED) is 0.533. The maximum atomic E-state index is 12.7. The number of fused-ring (bicyclic) bond motifs is 3. The molecule has 1 atom stereocenters. The summed E-state index contributed by atoms with van der Waals surface area (Å²) in [6.07, 6.45) is 0.695. The molecule has 5 rings (SSSR count). The highest BCUT2D eigenvalue weighted by Crippen LogP contribution is 2.44. The first-order valence-electron chi connectivity index (χ1n) is 11.6. The Bertz CT molecular complexity index is 1220. The van der Waals surface area contributed by atoms with Crippen molar-refractivity contribution in [3.63, 3.8) is 0 Å². The molecule has 0 spiro atoms. The van der Waals surface area contributed by atoms with Crippen LogP contribution in [0.25, 0.3) is 11.1 Å². The molecular formula is C26H25N3O6. The number of ether oxygens (including phenoxy) is 1. The summed E-state index contributed by atoms with van der Waals surface area (Å²) in [7, 11) is 0. The lowest BCUT2D eigenvalue weighted by Gasteiger charge is -2.22. The van der Waals surface area contributed by atoms with Gasteiger partial charge in [-0.3, -0.25) is 9.59 Å². The standard InChI is InChI=1S/C26H25N3O6/c30-24(31)12-16-6-5-11-29(16)25(32)23-13-17(35-28-23)14-27-26(33)34-15-22-20-9-3-1-7-18(20)19-8-2-4-10-21(19)22/h1-4,7-10,13,16,22H,5-6,11-12,14-15H2,(H,27,33)(H,30,31). The van der Waals surface area contributed by atoms with Crippen LogP contribution in [0.15, 0.2) is 59.1 Å². The first-order valence-corrected chi connectivity index (χ1v) is 11.6. The molecule has 0 radical (unpaired) electrons. The van der Waals surface area contributed by atoms with Gasteiger partial charge in [0.05, 0.1) is 13.0 Å². The highest BCUT2D eigenvalue weighted by molar-refractivity contribution is 5.93. The van der Waals surface area contributed by atoms with Gasteiger partial charge in [0.2, 0.25) is 0 Å². The monoisotopic (exact) mass is 475 g/mol. The van der Waals surface area contributed by atoms with Gasteiger partial charge in [0.15, 0.2) is 11.5 Å². The van der Waals surface area contributed by atoms with Gasteiger partial charge in [-0.25, -0.2) is 4.79 Å². The molecule has 180 valence electrons. The minimum absolute atomic E-state index is 0.00943. The van der Waals surface area contributed by atoms with E-state index in [0.717, 1.165) is 28.7 Å². The zero-order valence-corrected chi connectivity index (χ0v) is 19.0. The Labute approximate surface area is 201 Å². The summed E-state index contributed by atoms with van der Waals surface area (Å²) in [6, 6.07) is 17.3. The van der Waals surface area contributed by atoms with Gasteiger partial charge in [0.1, 0.15) is 6.61 Å². The molecule has 2 amide bonds. The van der Waals surface area contributed by atoms with Crippen LogP contribution in [-0.2, 0) is 16.1 Å². The van der Waals surface area contributed by atoms with E-state index >= 15 is 0 Å². The number of carbonyl (C=O) groups excluding carboxylic acids is 2. The maximum absolute atomic E-state index is 12.7. The van der Waals surface area contributed by atoms with Crippen molar-refractivity contribution < 1.29 is 28.8 Å². The molecule has 1 saturated heterocycles. The number of nitrogens with zero attached hydrogens (tertiary/aromatic N) is 2. The molecule has 1 fully saturated rings. The number of hydrogen-bond acceptors (Lipinski definition) is 6. The summed E-state index contributed by atoms with van der Waals surface area (Å²) in [5, 5.41) is 15.5. The van der Waals surface area contributed by atoms with Gasteiger partial charge in [0, 0.05) is 24.6 Å². The van der Waals surface area contributed by atoms with Crippen molar-refractivity contribution in [3.05, 3.63) is 77.2 Å². The lowest BCUT2D eigenvalue weighted by molar-refractivity contribution is -0.137. The van der Waals surface area contributed by atoms with Gasteiger partial charge in [-0.1, -0.05) is 53.7 Å². The van der Waals surface area contributed by atoms with Crippen LogP contribution >= 0.6 is 0 Å². The van der Waals surface area contributed by atoms with E-state index in [1.165, 1.54) is 11.0 Å². The Hall–Kier alpha value is -4.14. The predicted molar refractivity (Wildman–Crippen MR) is 125 cm³/mol. The molecule has 9 nitrogen and oxygen atoms in total. The van der Waals surface area contributed by atoms with Crippen LogP contribution in [0.2, 0.25) is 0 Å². The van der Waals surface area contributed by atoms with Crippen molar-refractivity contribution in [2.45, 2.75) is 37.8 Å². The van der Waals surface area contributed by atoms with Crippen molar-refractivity contribution in [1.29, 1.82) is 0 Å². The number of carboxylic acids is 1. The lowest BCUT2D eigenvalue weighted by atomic mass is 9.98. The Balaban J connectivity index is 1.16. The molecule has 0 bridgehead atoms. The van der Waals surface area contributed by atoms with Crippen molar-refractivity contribution in [2.75, 3.05) is 13.2 Å². The number of carboxylic acid groups (broad SMARTS) is 1. The zero-order valence-electron chi connectivity index (χ0n) is 19.0. The molecular weight excluding hydrogens is 450 g/mol. The van der Waals surface area contributed by atoms with Crippen LogP contribution in [0.4, 0.5) is 4.79 Å². The molecule has 2 aliphatic rings. The van der Waals surface area contributed by atoms with E-state index < -0.39 is 12.1 Å². The largest absolute Gasteiger partial charge is 0.481 e. The van der Waals surface area contributed by atoms with Gasteiger partial charge in [-0.15, -0.1) is 0 Å². The molecule has 0 saturated carbocycles. The minimum Gasteiger partial charge on any atom is -0.481 e. The molecule has 1 aliphatic carbocycles. The number of benzene rings is 2. The Morgan fingerprint density at radius 2 is 1.77 bits per heavy atom. The normalized spacial score (nSPS) is 16.6. The van der Waals surface area contributed by atoms with Crippen molar-refractivity contribution >= 4 is 18.0 Å². The fourth-order valence-electron chi connectivity index (χ4n) is 4.97. The van der Waals surface area contributed by atoms with Crippen LogP contribution in [0.3, 0.4) is 0 Å². The zero-order chi connectivity index (χ0) is 24.4. The Morgan fingerprint density at radius 1 is 1.09 bits per heavy atom. The van der Waals surface area contributed by atoms with Gasteiger partial charge < -0.3 is 24.6 Å². The SMILES string of the molecule is O=C(O)CC1CCCN1C(=O)c1cc(CNC(=O)OCC2c3ccccc3-c3ccccc32)on1. The molecule has 1 aromatic heterocycles. The summed E-state index contributed by atoms with van der Waals surface area (Å²) in [6.45, 7) is 0.687. The number of carbonyl (C=O) groups is 3. The van der Waals surface area contributed by atoms with Crippen molar-refractivity contribution in [1.82, 2.24) is 15.4 Å². The first kappa shape index (κ1) is 22.6. The molecule has 1 aliphatic heterocycles. The number of rotatable bonds is 7. The average molecular weight is 476 g/mol. The summed E-state index contributed by atoms with van der Waals surface area (Å²) in [5.41, 5.74) is 4.65. The van der Waals surface area contributed by atoms with Crippen LogP contribution in [0.1, 0.15) is 52.6 Å². The second-order valence-electron chi connectivity index (χ2n) is 8.75. The van der Waals surface area contributed by atoms with Gasteiger partial charge in [-0.05, 0) is 35.1 Å². The second-order valence-corrected chi connectivity index (χ2v) is 8.75. The van der Waals surface area contributed by atoms with Crippen LogP contribution in [0, 0.1) is 0 Å². The Morgan fingerprint density at radius 3 is 2.46 bits per heavy atom. The maximum Gasteiger partial charge on any atom is 0.407 e. The first-order chi connectivity index (χ1) is 17.0. The second kappa shape index (κ2) is 9.61. The van der Waals surface area contributed by atoms with Crippen LogP contribution < -0.4 is 5.32 Å². The number of hydrogen-bond donors (Lipinski definition) is 2. The molecule has 3 aromatic rings. The average Bonchev–Trinajstić information content (AvgIpc) is 3.59. The summed E-state index contributed by atoms with van der Waals surface area (Å²) in [4.78, 5) is 37.7. The van der Waals surface area contributed by atoms with Crippen LogP contribution in [-0.4, -0.2) is 52.3 Å². The minimum atomic E-state index is -0.942. The fraction of sp³-hybridized carbons (Fsp3) is 0.308. The van der Waals surface area contributed by atoms with Crippen molar-refractivity contribution in [2.24, 2.45) is 0 Å². The number of nitrogens with one attached hydrogen (secondary N) is 1. The topological polar surface area (TPSA) is 122 Å². The Kier molecular flexibility index (Phi) is 6.22. The van der Waals surface area contributed by atoms with Gasteiger partial charge in [0.25, 0.3) is 5.91 Å². The third-order valence-corrected chi connectivity index (χ3v) is 6.58. The summed E-state index contributed by atoms with van der Waals surface area (Å²) >= 11 is 0. The third-order valence-electron chi connectivity index (χ3n) is 6.58. The predicted octanol–water partition coefficient (Wildman–Crippen LogP) is 3.79. The number of aromatic nitrogens is 1. The molecule has 2 N–H and O–H groups in total. The number of likely N-dealkylation sites (tertiary alicyclic amines) is 1. The van der Waals surface area contributed by atoms with E-state index in [0.29, 0.717) is 18.7 Å². The third kappa shape index (κ3) is 4.62. The van der Waals surface area contributed by atoms with Crippen molar-refractivity contribution in [3.8, 4) is 11.1 Å². The summed E-state index contributed by atoms with van der Waals surface area (Å²) in [5.74, 6) is -1.05. The van der Waals surface area contributed by atoms with E-state index in [2.05, 4.69) is 34.7 Å². The lowest BCUT2D eigenvalue weighted by Crippen LogP contribution is -2.37. The molecule has 1 unspecified atom stereocenters. The highest BCUT2D eigenvalue weighted by Gasteiger charge is 2.33. The highest BCUT2D eigenvalue weighted by atomic mass is 16.5. The molecule has 2 aromatic carbocycles. The number of amides is 2. The summed E-state index contributed by atoms with van der Waals surface area (Å²) < 4.78 is 10.7. The van der Waals surface area contributed by atoms with E-state index in [1.54, 1.807) is 0 Å². The smallest absolute Gasteiger partial charge is 0.407 e. The molecule has 2 heterocycles.